The number of rotatable bonds is 5. The number of benzene rings is 2. The molecular weight excluding hydrogens is 298 g/mol. The topological polar surface area (TPSA) is 37.4 Å². The van der Waals surface area contributed by atoms with Crippen LogP contribution in [0, 0.1) is 5.92 Å². The van der Waals surface area contributed by atoms with Crippen molar-refractivity contribution < 1.29 is 9.59 Å². The highest BCUT2D eigenvalue weighted by molar-refractivity contribution is 5.98. The summed E-state index contributed by atoms with van der Waals surface area (Å²) in [6, 6.07) is 19.6. The van der Waals surface area contributed by atoms with Gasteiger partial charge in [-0.2, -0.15) is 0 Å². The van der Waals surface area contributed by atoms with Crippen LogP contribution in [-0.4, -0.2) is 29.7 Å². The Morgan fingerprint density at radius 2 is 1.46 bits per heavy atom. The van der Waals surface area contributed by atoms with Crippen LogP contribution < -0.4 is 0 Å². The molecule has 3 nitrogen and oxygen atoms in total. The molecule has 3 heteroatoms. The highest BCUT2D eigenvalue weighted by atomic mass is 16.2. The van der Waals surface area contributed by atoms with Gasteiger partial charge in [-0.3, -0.25) is 9.59 Å². The normalized spacial score (nSPS) is 15.2. The number of likely N-dealkylation sites (tertiary alicyclic amines) is 1. The average molecular weight is 321 g/mol. The number of aryl methyl sites for hydroxylation is 1. The summed E-state index contributed by atoms with van der Waals surface area (Å²) in [5, 5.41) is 0. The molecule has 2 aromatic rings. The van der Waals surface area contributed by atoms with Crippen LogP contribution in [0.2, 0.25) is 0 Å². The van der Waals surface area contributed by atoms with E-state index in [0.717, 1.165) is 24.8 Å². The second-order valence-corrected chi connectivity index (χ2v) is 6.37. The number of ketones is 1. The van der Waals surface area contributed by atoms with Gasteiger partial charge in [0.05, 0.1) is 0 Å². The summed E-state index contributed by atoms with van der Waals surface area (Å²) in [5.41, 5.74) is 1.98. The standard InChI is InChI=1S/C21H23NO2/c23-20(12-11-17-7-3-1-4-8-17)22-15-13-19(14-16-22)21(24)18-9-5-2-6-10-18/h1-10,19H,11-16H2. The Kier molecular flexibility index (Phi) is 5.42. The highest BCUT2D eigenvalue weighted by Gasteiger charge is 2.27. The van der Waals surface area contributed by atoms with Gasteiger partial charge < -0.3 is 4.90 Å². The first-order chi connectivity index (χ1) is 11.7. The molecule has 1 fully saturated rings. The Labute approximate surface area is 143 Å². The van der Waals surface area contributed by atoms with Gasteiger partial charge in [-0.05, 0) is 24.8 Å². The zero-order chi connectivity index (χ0) is 16.8. The molecule has 0 aliphatic carbocycles. The maximum absolute atomic E-state index is 12.5. The second kappa shape index (κ2) is 7.91. The van der Waals surface area contributed by atoms with E-state index in [2.05, 4.69) is 12.1 Å². The molecule has 2 aromatic carbocycles. The van der Waals surface area contributed by atoms with Crippen molar-refractivity contribution in [3.8, 4) is 0 Å². The minimum absolute atomic E-state index is 0.0468. The van der Waals surface area contributed by atoms with E-state index >= 15 is 0 Å². The third-order valence-corrected chi connectivity index (χ3v) is 4.75. The lowest BCUT2D eigenvalue weighted by Gasteiger charge is -2.31. The lowest BCUT2D eigenvalue weighted by Crippen LogP contribution is -2.40. The van der Waals surface area contributed by atoms with Gasteiger partial charge in [0.1, 0.15) is 0 Å². The molecule has 0 bridgehead atoms. The molecule has 1 heterocycles. The molecule has 1 aliphatic heterocycles. The van der Waals surface area contributed by atoms with E-state index in [1.165, 1.54) is 5.56 Å². The van der Waals surface area contributed by atoms with Crippen LogP contribution in [0.4, 0.5) is 0 Å². The fraction of sp³-hybridized carbons (Fsp3) is 0.333. The summed E-state index contributed by atoms with van der Waals surface area (Å²) in [6.45, 7) is 1.38. The van der Waals surface area contributed by atoms with Crippen LogP contribution >= 0.6 is 0 Å². The number of piperidine rings is 1. The Hall–Kier alpha value is -2.42. The third kappa shape index (κ3) is 4.10. The van der Waals surface area contributed by atoms with Crippen molar-refractivity contribution in [3.05, 3.63) is 71.8 Å². The molecule has 0 radical (unpaired) electrons. The Morgan fingerprint density at radius 1 is 0.875 bits per heavy atom. The zero-order valence-corrected chi connectivity index (χ0v) is 13.9. The Bertz CT molecular complexity index is 673. The molecule has 0 N–H and O–H groups in total. The predicted molar refractivity (Wildman–Crippen MR) is 94.8 cm³/mol. The van der Waals surface area contributed by atoms with Gasteiger partial charge in [0, 0.05) is 31.0 Å². The molecule has 0 aromatic heterocycles. The van der Waals surface area contributed by atoms with E-state index in [1.54, 1.807) is 0 Å². The monoisotopic (exact) mass is 321 g/mol. The number of hydrogen-bond acceptors (Lipinski definition) is 2. The van der Waals surface area contributed by atoms with Crippen molar-refractivity contribution in [2.75, 3.05) is 13.1 Å². The van der Waals surface area contributed by atoms with Gasteiger partial charge >= 0.3 is 0 Å². The molecular formula is C21H23NO2. The van der Waals surface area contributed by atoms with Gasteiger partial charge in [0.2, 0.25) is 5.91 Å². The summed E-state index contributed by atoms with van der Waals surface area (Å²) in [5.74, 6) is 0.460. The maximum atomic E-state index is 12.5. The minimum atomic E-state index is 0.0468. The summed E-state index contributed by atoms with van der Waals surface area (Å²) < 4.78 is 0. The Balaban J connectivity index is 1.48. The van der Waals surface area contributed by atoms with E-state index in [4.69, 9.17) is 0 Å². The fourth-order valence-electron chi connectivity index (χ4n) is 3.28. The molecule has 1 saturated heterocycles. The first-order valence-electron chi connectivity index (χ1n) is 8.65. The molecule has 1 aliphatic rings. The third-order valence-electron chi connectivity index (χ3n) is 4.75. The first-order valence-corrected chi connectivity index (χ1v) is 8.65. The van der Waals surface area contributed by atoms with Crippen LogP contribution in [0.1, 0.15) is 35.2 Å². The number of carbonyl (C=O) groups is 2. The average Bonchev–Trinajstić information content (AvgIpc) is 2.67. The zero-order valence-electron chi connectivity index (χ0n) is 13.9. The quantitative estimate of drug-likeness (QED) is 0.787. The largest absolute Gasteiger partial charge is 0.343 e. The van der Waals surface area contributed by atoms with E-state index in [1.807, 2.05) is 53.4 Å². The van der Waals surface area contributed by atoms with Gasteiger partial charge in [0.15, 0.2) is 5.78 Å². The van der Waals surface area contributed by atoms with Crippen molar-refractivity contribution in [3.63, 3.8) is 0 Å². The SMILES string of the molecule is O=C(c1ccccc1)C1CCN(C(=O)CCc2ccccc2)CC1. The molecule has 3 rings (SSSR count). The highest BCUT2D eigenvalue weighted by Crippen LogP contribution is 2.22. The summed E-state index contributed by atoms with van der Waals surface area (Å²) in [6.07, 6.45) is 2.86. The van der Waals surface area contributed by atoms with E-state index in [0.29, 0.717) is 19.5 Å². The van der Waals surface area contributed by atoms with Gasteiger partial charge in [-0.25, -0.2) is 0 Å². The van der Waals surface area contributed by atoms with Crippen LogP contribution in [0.3, 0.4) is 0 Å². The molecule has 0 unspecified atom stereocenters. The predicted octanol–water partition coefficient (Wildman–Crippen LogP) is 3.74. The van der Waals surface area contributed by atoms with E-state index in [-0.39, 0.29) is 17.6 Å². The number of nitrogens with zero attached hydrogens (tertiary/aromatic N) is 1. The van der Waals surface area contributed by atoms with Crippen molar-refractivity contribution in [1.29, 1.82) is 0 Å². The second-order valence-electron chi connectivity index (χ2n) is 6.37. The van der Waals surface area contributed by atoms with Crippen molar-refractivity contribution in [1.82, 2.24) is 4.90 Å². The number of Topliss-reactive ketones (excluding diaryl/α,β-unsaturated/α-hetero) is 1. The van der Waals surface area contributed by atoms with E-state index in [9.17, 15) is 9.59 Å². The molecule has 0 spiro atoms. The number of amides is 1. The lowest BCUT2D eigenvalue weighted by atomic mass is 9.89. The summed E-state index contributed by atoms with van der Waals surface area (Å²) >= 11 is 0. The maximum Gasteiger partial charge on any atom is 0.222 e. The van der Waals surface area contributed by atoms with Crippen LogP contribution in [0.25, 0.3) is 0 Å². The lowest BCUT2D eigenvalue weighted by molar-refractivity contribution is -0.132. The van der Waals surface area contributed by atoms with Gasteiger partial charge in [-0.1, -0.05) is 60.7 Å². The van der Waals surface area contributed by atoms with Crippen molar-refractivity contribution in [2.24, 2.45) is 5.92 Å². The van der Waals surface area contributed by atoms with Crippen LogP contribution in [0.15, 0.2) is 60.7 Å². The van der Waals surface area contributed by atoms with Gasteiger partial charge in [-0.15, -0.1) is 0 Å². The molecule has 24 heavy (non-hydrogen) atoms. The molecule has 0 atom stereocenters. The fourth-order valence-corrected chi connectivity index (χ4v) is 3.28. The Morgan fingerprint density at radius 3 is 2.08 bits per heavy atom. The smallest absolute Gasteiger partial charge is 0.222 e. The first kappa shape index (κ1) is 16.4. The van der Waals surface area contributed by atoms with Crippen LogP contribution in [-0.2, 0) is 11.2 Å². The van der Waals surface area contributed by atoms with Crippen LogP contribution in [0.5, 0.6) is 0 Å². The molecule has 124 valence electrons. The summed E-state index contributed by atoms with van der Waals surface area (Å²) in [7, 11) is 0. The number of carbonyl (C=O) groups excluding carboxylic acids is 2. The molecule has 0 saturated carbocycles. The summed E-state index contributed by atoms with van der Waals surface area (Å²) in [4.78, 5) is 26.8. The van der Waals surface area contributed by atoms with Crippen molar-refractivity contribution in [2.45, 2.75) is 25.7 Å². The number of hydrogen-bond donors (Lipinski definition) is 0. The van der Waals surface area contributed by atoms with Gasteiger partial charge in [0.25, 0.3) is 0 Å². The molecule has 1 amide bonds. The van der Waals surface area contributed by atoms with E-state index < -0.39 is 0 Å². The minimum Gasteiger partial charge on any atom is -0.343 e. The van der Waals surface area contributed by atoms with Crippen molar-refractivity contribution >= 4 is 11.7 Å².